The highest BCUT2D eigenvalue weighted by molar-refractivity contribution is 5.93. The van der Waals surface area contributed by atoms with Crippen LogP contribution in [0.1, 0.15) is 47.5 Å². The molecule has 0 bridgehead atoms. The third-order valence-corrected chi connectivity index (χ3v) is 3.89. The second kappa shape index (κ2) is 6.78. The average Bonchev–Trinajstić information content (AvgIpc) is 2.34. The van der Waals surface area contributed by atoms with Crippen molar-refractivity contribution in [2.75, 3.05) is 17.2 Å². The predicted molar refractivity (Wildman–Crippen MR) is 86.7 cm³/mol. The monoisotopic (exact) mass is 276 g/mol. The zero-order chi connectivity index (χ0) is 15.3. The van der Waals surface area contributed by atoms with E-state index in [4.69, 9.17) is 5.73 Å². The zero-order valence-electron chi connectivity index (χ0n) is 13.4. The van der Waals surface area contributed by atoms with E-state index >= 15 is 0 Å². The number of anilines is 2. The smallest absolute Gasteiger partial charge is 0.227 e. The van der Waals surface area contributed by atoms with Crippen LogP contribution in [0.3, 0.4) is 0 Å². The van der Waals surface area contributed by atoms with E-state index in [9.17, 15) is 4.79 Å². The molecule has 1 rings (SSSR count). The molecular formula is C17H28N2O. The van der Waals surface area contributed by atoms with E-state index in [2.05, 4.69) is 34.6 Å². The van der Waals surface area contributed by atoms with Gasteiger partial charge in [-0.1, -0.05) is 40.7 Å². The Balaban J connectivity index is 2.88. The van der Waals surface area contributed by atoms with E-state index in [1.165, 1.54) is 0 Å². The van der Waals surface area contributed by atoms with E-state index in [1.54, 1.807) is 0 Å². The number of hydrogen-bond acceptors (Lipinski definition) is 2. The summed E-state index contributed by atoms with van der Waals surface area (Å²) in [5, 5.41) is 0. The fraction of sp³-hybridized carbons (Fsp3) is 0.588. The average molecular weight is 276 g/mol. The first-order chi connectivity index (χ1) is 9.25. The van der Waals surface area contributed by atoms with Gasteiger partial charge in [0.1, 0.15) is 0 Å². The largest absolute Gasteiger partial charge is 0.399 e. The maximum absolute atomic E-state index is 12.6. The quantitative estimate of drug-likeness (QED) is 0.823. The van der Waals surface area contributed by atoms with Crippen LogP contribution < -0.4 is 10.6 Å². The molecule has 1 atom stereocenters. The van der Waals surface area contributed by atoms with Crippen LogP contribution in [0.25, 0.3) is 0 Å². The molecule has 3 heteroatoms. The molecule has 20 heavy (non-hydrogen) atoms. The number of carbonyl (C=O) groups excluding carboxylic acids is 1. The molecule has 0 spiro atoms. The Hall–Kier alpha value is -1.51. The number of carbonyl (C=O) groups is 1. The summed E-state index contributed by atoms with van der Waals surface area (Å²) < 4.78 is 0. The third-order valence-electron chi connectivity index (χ3n) is 3.89. The second-order valence-electron chi connectivity index (χ2n) is 6.61. The molecule has 1 amide bonds. The van der Waals surface area contributed by atoms with Crippen LogP contribution >= 0.6 is 0 Å². The summed E-state index contributed by atoms with van der Waals surface area (Å²) in [6.07, 6.45) is 1.50. The van der Waals surface area contributed by atoms with Crippen molar-refractivity contribution in [3.8, 4) is 0 Å². The molecule has 0 saturated heterocycles. The standard InChI is InChI=1S/C17H28N2O/c1-6-10-19(15-9-7-8-14(18)12-15)16(20)11-13(2)17(3,4)5/h7-9,12-13H,6,10-11,18H2,1-5H3. The highest BCUT2D eigenvalue weighted by Crippen LogP contribution is 2.29. The predicted octanol–water partition coefficient (Wildman–Crippen LogP) is 4.08. The normalized spacial score (nSPS) is 13.1. The first kappa shape index (κ1) is 16.5. The minimum Gasteiger partial charge on any atom is -0.399 e. The van der Waals surface area contributed by atoms with Crippen LogP contribution in [-0.2, 0) is 4.79 Å². The van der Waals surface area contributed by atoms with Gasteiger partial charge >= 0.3 is 0 Å². The molecule has 0 radical (unpaired) electrons. The van der Waals surface area contributed by atoms with E-state index in [0.717, 1.165) is 18.7 Å². The Morgan fingerprint density at radius 1 is 1.35 bits per heavy atom. The Morgan fingerprint density at radius 3 is 2.50 bits per heavy atom. The lowest BCUT2D eigenvalue weighted by Crippen LogP contribution is -2.34. The lowest BCUT2D eigenvalue weighted by Gasteiger charge is -2.30. The number of benzene rings is 1. The minimum absolute atomic E-state index is 0.142. The molecule has 0 aliphatic heterocycles. The Labute approximate surface area is 123 Å². The van der Waals surface area contributed by atoms with Crippen molar-refractivity contribution < 1.29 is 4.79 Å². The molecule has 0 aromatic heterocycles. The van der Waals surface area contributed by atoms with Crippen molar-refractivity contribution in [2.45, 2.75) is 47.5 Å². The van der Waals surface area contributed by atoms with Crippen LogP contribution in [0.4, 0.5) is 11.4 Å². The van der Waals surface area contributed by atoms with Crippen LogP contribution in [-0.4, -0.2) is 12.5 Å². The van der Waals surface area contributed by atoms with Gasteiger partial charge in [-0.2, -0.15) is 0 Å². The first-order valence-electron chi connectivity index (χ1n) is 7.41. The summed E-state index contributed by atoms with van der Waals surface area (Å²) in [6.45, 7) is 11.5. The van der Waals surface area contributed by atoms with Gasteiger partial charge in [-0.25, -0.2) is 0 Å². The number of rotatable bonds is 5. The van der Waals surface area contributed by atoms with Crippen molar-refractivity contribution >= 4 is 17.3 Å². The summed E-state index contributed by atoms with van der Waals surface area (Å²) in [7, 11) is 0. The van der Waals surface area contributed by atoms with Crippen molar-refractivity contribution in [1.29, 1.82) is 0 Å². The summed E-state index contributed by atoms with van der Waals surface area (Å²) in [4.78, 5) is 14.4. The van der Waals surface area contributed by atoms with Crippen LogP contribution in [0.15, 0.2) is 24.3 Å². The lowest BCUT2D eigenvalue weighted by atomic mass is 9.80. The molecule has 1 aromatic rings. The van der Waals surface area contributed by atoms with Gasteiger partial charge in [-0.3, -0.25) is 4.79 Å². The third kappa shape index (κ3) is 4.55. The van der Waals surface area contributed by atoms with Crippen LogP contribution in [0, 0.1) is 11.3 Å². The molecule has 0 heterocycles. The molecule has 2 N–H and O–H groups in total. The number of nitrogens with two attached hydrogens (primary N) is 1. The fourth-order valence-corrected chi connectivity index (χ4v) is 1.99. The molecule has 1 unspecified atom stereocenters. The Bertz CT molecular complexity index is 449. The molecular weight excluding hydrogens is 248 g/mol. The maximum atomic E-state index is 12.6. The fourth-order valence-electron chi connectivity index (χ4n) is 1.99. The van der Waals surface area contributed by atoms with E-state index < -0.39 is 0 Å². The minimum atomic E-state index is 0.142. The molecule has 0 aliphatic rings. The second-order valence-corrected chi connectivity index (χ2v) is 6.61. The van der Waals surface area contributed by atoms with Gasteiger partial charge in [0, 0.05) is 24.3 Å². The molecule has 0 fully saturated rings. The number of amides is 1. The van der Waals surface area contributed by atoms with E-state index in [-0.39, 0.29) is 11.3 Å². The highest BCUT2D eigenvalue weighted by Gasteiger charge is 2.25. The van der Waals surface area contributed by atoms with Crippen molar-refractivity contribution in [3.63, 3.8) is 0 Å². The highest BCUT2D eigenvalue weighted by atomic mass is 16.2. The molecule has 0 saturated carbocycles. The molecule has 0 aliphatic carbocycles. The molecule has 3 nitrogen and oxygen atoms in total. The van der Waals surface area contributed by atoms with Crippen molar-refractivity contribution in [3.05, 3.63) is 24.3 Å². The maximum Gasteiger partial charge on any atom is 0.227 e. The van der Waals surface area contributed by atoms with Gasteiger partial charge in [0.25, 0.3) is 0 Å². The lowest BCUT2D eigenvalue weighted by molar-refractivity contribution is -0.120. The van der Waals surface area contributed by atoms with Crippen LogP contribution in [0.5, 0.6) is 0 Å². The molecule has 1 aromatic carbocycles. The van der Waals surface area contributed by atoms with E-state index in [0.29, 0.717) is 18.0 Å². The van der Waals surface area contributed by atoms with E-state index in [1.807, 2.05) is 29.2 Å². The SMILES string of the molecule is CCCN(C(=O)CC(C)C(C)(C)C)c1cccc(N)c1. The summed E-state index contributed by atoms with van der Waals surface area (Å²) in [6, 6.07) is 7.56. The summed E-state index contributed by atoms with van der Waals surface area (Å²) in [5.41, 5.74) is 7.56. The Kier molecular flexibility index (Phi) is 5.61. The summed E-state index contributed by atoms with van der Waals surface area (Å²) >= 11 is 0. The number of nitrogen functional groups attached to an aromatic ring is 1. The van der Waals surface area contributed by atoms with Gasteiger partial charge in [0.05, 0.1) is 0 Å². The van der Waals surface area contributed by atoms with Gasteiger partial charge in [0.2, 0.25) is 5.91 Å². The number of nitrogens with zero attached hydrogens (tertiary/aromatic N) is 1. The van der Waals surface area contributed by atoms with Gasteiger partial charge in [-0.15, -0.1) is 0 Å². The summed E-state index contributed by atoms with van der Waals surface area (Å²) in [5.74, 6) is 0.523. The Morgan fingerprint density at radius 2 is 2.00 bits per heavy atom. The zero-order valence-corrected chi connectivity index (χ0v) is 13.4. The topological polar surface area (TPSA) is 46.3 Å². The van der Waals surface area contributed by atoms with Gasteiger partial charge < -0.3 is 10.6 Å². The van der Waals surface area contributed by atoms with Crippen molar-refractivity contribution in [1.82, 2.24) is 0 Å². The van der Waals surface area contributed by atoms with Crippen LogP contribution in [0.2, 0.25) is 0 Å². The molecule has 112 valence electrons. The van der Waals surface area contributed by atoms with Gasteiger partial charge in [-0.05, 0) is 36.0 Å². The van der Waals surface area contributed by atoms with Crippen molar-refractivity contribution in [2.24, 2.45) is 11.3 Å². The van der Waals surface area contributed by atoms with Gasteiger partial charge in [0.15, 0.2) is 0 Å². The first-order valence-corrected chi connectivity index (χ1v) is 7.41. The number of hydrogen-bond donors (Lipinski definition) is 1.